The number of esters is 1. The molecule has 2 N–H and O–H groups in total. The Kier molecular flexibility index (Phi) is 7.05. The number of carboxylic acid groups (broad SMARTS) is 1. The third kappa shape index (κ3) is 6.57. The molecule has 0 radical (unpaired) electrons. The van der Waals surface area contributed by atoms with Gasteiger partial charge in [-0.3, -0.25) is 9.59 Å². The zero-order valence-electron chi connectivity index (χ0n) is 12.4. The first-order chi connectivity index (χ1) is 8.70. The standard InChI is InChI=1S/C14H26O5/c1-5-8-13(4,18)10-12(17)19-14(6-2,7-3)9-11(15)16/h18H,5-10H2,1-4H3,(H,15,16). The lowest BCUT2D eigenvalue weighted by molar-refractivity contribution is -0.170. The molecule has 0 aliphatic carbocycles. The number of aliphatic hydroxyl groups is 1. The molecule has 1 unspecified atom stereocenters. The Morgan fingerprint density at radius 2 is 1.63 bits per heavy atom. The minimum absolute atomic E-state index is 0.109. The lowest BCUT2D eigenvalue weighted by atomic mass is 9.92. The minimum atomic E-state index is -1.09. The molecule has 0 aliphatic rings. The van der Waals surface area contributed by atoms with Gasteiger partial charge in [-0.1, -0.05) is 27.2 Å². The molecule has 5 heteroatoms. The van der Waals surface area contributed by atoms with Crippen molar-refractivity contribution in [3.8, 4) is 0 Å². The molecule has 0 saturated heterocycles. The minimum Gasteiger partial charge on any atom is -0.481 e. The summed E-state index contributed by atoms with van der Waals surface area (Å²) in [5.41, 5.74) is -2.06. The molecule has 1 atom stereocenters. The first-order valence-corrected chi connectivity index (χ1v) is 6.86. The van der Waals surface area contributed by atoms with Crippen LogP contribution in [0.15, 0.2) is 0 Å². The largest absolute Gasteiger partial charge is 0.481 e. The molecule has 19 heavy (non-hydrogen) atoms. The maximum atomic E-state index is 11.9. The monoisotopic (exact) mass is 274 g/mol. The fourth-order valence-electron chi connectivity index (χ4n) is 2.17. The highest BCUT2D eigenvalue weighted by Gasteiger charge is 2.35. The molecule has 5 nitrogen and oxygen atoms in total. The molecular weight excluding hydrogens is 248 g/mol. The number of aliphatic carboxylic acids is 1. The van der Waals surface area contributed by atoms with Gasteiger partial charge in [-0.25, -0.2) is 0 Å². The highest BCUT2D eigenvalue weighted by atomic mass is 16.6. The molecule has 0 saturated carbocycles. The van der Waals surface area contributed by atoms with Crippen LogP contribution in [0.3, 0.4) is 0 Å². The number of carboxylic acids is 1. The van der Waals surface area contributed by atoms with Gasteiger partial charge in [-0.15, -0.1) is 0 Å². The van der Waals surface area contributed by atoms with E-state index in [2.05, 4.69) is 0 Å². The van der Waals surface area contributed by atoms with Crippen molar-refractivity contribution >= 4 is 11.9 Å². The summed E-state index contributed by atoms with van der Waals surface area (Å²) in [4.78, 5) is 22.7. The maximum Gasteiger partial charge on any atom is 0.309 e. The number of ether oxygens (including phenoxy) is 1. The van der Waals surface area contributed by atoms with E-state index in [1.54, 1.807) is 20.8 Å². The highest BCUT2D eigenvalue weighted by Crippen LogP contribution is 2.27. The summed E-state index contributed by atoms with van der Waals surface area (Å²) in [6.45, 7) is 7.11. The Balaban J connectivity index is 4.68. The summed E-state index contributed by atoms with van der Waals surface area (Å²) in [5.74, 6) is -1.53. The van der Waals surface area contributed by atoms with Gasteiger partial charge in [0.2, 0.25) is 0 Å². The molecule has 0 fully saturated rings. The predicted molar refractivity (Wildman–Crippen MR) is 71.8 cm³/mol. The van der Waals surface area contributed by atoms with Crippen molar-refractivity contribution in [2.45, 2.75) is 77.4 Å². The van der Waals surface area contributed by atoms with Gasteiger partial charge in [-0.2, -0.15) is 0 Å². The van der Waals surface area contributed by atoms with Gasteiger partial charge in [0.15, 0.2) is 0 Å². The normalized spacial score (nSPS) is 14.8. The van der Waals surface area contributed by atoms with Gasteiger partial charge < -0.3 is 14.9 Å². The molecule has 0 amide bonds. The quantitative estimate of drug-likeness (QED) is 0.631. The molecule has 0 spiro atoms. The molecule has 0 aromatic carbocycles. The van der Waals surface area contributed by atoms with Crippen LogP contribution in [-0.2, 0) is 14.3 Å². The van der Waals surface area contributed by atoms with Crippen LogP contribution in [0, 0.1) is 0 Å². The smallest absolute Gasteiger partial charge is 0.309 e. The van der Waals surface area contributed by atoms with E-state index < -0.39 is 23.1 Å². The summed E-state index contributed by atoms with van der Waals surface area (Å²) in [6, 6.07) is 0. The average Bonchev–Trinajstić information content (AvgIpc) is 2.26. The second-order valence-corrected chi connectivity index (χ2v) is 5.36. The first kappa shape index (κ1) is 17.9. The molecule has 0 bridgehead atoms. The zero-order chi connectivity index (χ0) is 15.1. The van der Waals surface area contributed by atoms with Crippen LogP contribution in [-0.4, -0.2) is 33.4 Å². The van der Waals surface area contributed by atoms with E-state index in [1.165, 1.54) is 0 Å². The van der Waals surface area contributed by atoms with Gasteiger partial charge in [0, 0.05) is 0 Å². The van der Waals surface area contributed by atoms with Gasteiger partial charge >= 0.3 is 11.9 Å². The Morgan fingerprint density at radius 1 is 1.11 bits per heavy atom. The van der Waals surface area contributed by atoms with E-state index in [9.17, 15) is 14.7 Å². The average molecular weight is 274 g/mol. The van der Waals surface area contributed by atoms with E-state index in [0.717, 1.165) is 6.42 Å². The Hall–Kier alpha value is -1.10. The van der Waals surface area contributed by atoms with Crippen LogP contribution >= 0.6 is 0 Å². The Bertz CT molecular complexity index is 305. The SMILES string of the molecule is CCCC(C)(O)CC(=O)OC(CC)(CC)CC(=O)O. The Labute approximate surface area is 115 Å². The zero-order valence-corrected chi connectivity index (χ0v) is 12.4. The fourth-order valence-corrected chi connectivity index (χ4v) is 2.17. The van der Waals surface area contributed by atoms with Crippen molar-refractivity contribution in [1.29, 1.82) is 0 Å². The third-order valence-electron chi connectivity index (χ3n) is 3.41. The molecule has 0 aromatic rings. The lowest BCUT2D eigenvalue weighted by Crippen LogP contribution is -2.39. The number of carbonyl (C=O) groups excluding carboxylic acids is 1. The molecule has 0 rings (SSSR count). The number of carbonyl (C=O) groups is 2. The second kappa shape index (κ2) is 7.48. The number of rotatable bonds is 9. The Morgan fingerprint density at radius 3 is 2.00 bits per heavy atom. The third-order valence-corrected chi connectivity index (χ3v) is 3.41. The summed E-state index contributed by atoms with van der Waals surface area (Å²) in [5, 5.41) is 18.9. The summed E-state index contributed by atoms with van der Waals surface area (Å²) < 4.78 is 5.35. The molecule has 112 valence electrons. The van der Waals surface area contributed by atoms with Crippen LogP contribution in [0.1, 0.15) is 66.2 Å². The van der Waals surface area contributed by atoms with Gasteiger partial charge in [0.05, 0.1) is 18.4 Å². The van der Waals surface area contributed by atoms with Crippen molar-refractivity contribution in [2.24, 2.45) is 0 Å². The first-order valence-electron chi connectivity index (χ1n) is 6.86. The van der Waals surface area contributed by atoms with E-state index in [4.69, 9.17) is 9.84 Å². The van der Waals surface area contributed by atoms with E-state index in [-0.39, 0.29) is 12.8 Å². The van der Waals surface area contributed by atoms with Gasteiger partial charge in [0.25, 0.3) is 0 Å². The maximum absolute atomic E-state index is 11.9. The molecular formula is C14H26O5. The molecule has 0 aliphatic heterocycles. The lowest BCUT2D eigenvalue weighted by Gasteiger charge is -2.31. The van der Waals surface area contributed by atoms with Crippen molar-refractivity contribution in [2.75, 3.05) is 0 Å². The van der Waals surface area contributed by atoms with E-state index >= 15 is 0 Å². The fraction of sp³-hybridized carbons (Fsp3) is 0.857. The molecule has 0 aromatic heterocycles. The summed E-state index contributed by atoms with van der Waals surface area (Å²) >= 11 is 0. The number of hydrogen-bond donors (Lipinski definition) is 2. The van der Waals surface area contributed by atoms with Crippen LogP contribution in [0.25, 0.3) is 0 Å². The van der Waals surface area contributed by atoms with Crippen molar-refractivity contribution in [1.82, 2.24) is 0 Å². The highest BCUT2D eigenvalue weighted by molar-refractivity contribution is 5.73. The van der Waals surface area contributed by atoms with Gasteiger partial charge in [-0.05, 0) is 26.2 Å². The number of hydrogen-bond acceptors (Lipinski definition) is 4. The second-order valence-electron chi connectivity index (χ2n) is 5.36. The van der Waals surface area contributed by atoms with Crippen molar-refractivity contribution in [3.05, 3.63) is 0 Å². The van der Waals surface area contributed by atoms with Gasteiger partial charge in [0.1, 0.15) is 5.60 Å². The molecule has 0 heterocycles. The van der Waals surface area contributed by atoms with E-state index in [0.29, 0.717) is 19.3 Å². The summed E-state index contributed by atoms with van der Waals surface area (Å²) in [7, 11) is 0. The van der Waals surface area contributed by atoms with Crippen molar-refractivity contribution in [3.63, 3.8) is 0 Å². The van der Waals surface area contributed by atoms with Crippen LogP contribution in [0.5, 0.6) is 0 Å². The van der Waals surface area contributed by atoms with Crippen LogP contribution in [0.2, 0.25) is 0 Å². The predicted octanol–water partition coefficient (Wildman–Crippen LogP) is 2.50. The van der Waals surface area contributed by atoms with Crippen LogP contribution < -0.4 is 0 Å². The van der Waals surface area contributed by atoms with Crippen LogP contribution in [0.4, 0.5) is 0 Å². The summed E-state index contributed by atoms with van der Waals surface area (Å²) in [6.07, 6.45) is 1.84. The van der Waals surface area contributed by atoms with E-state index in [1.807, 2.05) is 6.92 Å². The topological polar surface area (TPSA) is 83.8 Å². The van der Waals surface area contributed by atoms with Crippen molar-refractivity contribution < 1.29 is 24.5 Å².